The molecule has 0 amide bonds. The van der Waals surface area contributed by atoms with Crippen LogP contribution in [-0.2, 0) is 9.53 Å². The first kappa shape index (κ1) is 8.05. The van der Waals surface area contributed by atoms with E-state index >= 15 is 0 Å². The maximum absolute atomic E-state index is 10.5. The van der Waals surface area contributed by atoms with Crippen LogP contribution in [0, 0.1) is 11.8 Å². The van der Waals surface area contributed by atoms with Crippen molar-refractivity contribution in [2.24, 2.45) is 11.8 Å². The van der Waals surface area contributed by atoms with Crippen LogP contribution >= 0.6 is 0 Å². The molecule has 3 atom stereocenters. The van der Waals surface area contributed by atoms with E-state index in [1.165, 1.54) is 0 Å². The van der Waals surface area contributed by atoms with E-state index in [1.54, 1.807) is 0 Å². The molecule has 1 N–H and O–H groups in total. The summed E-state index contributed by atoms with van der Waals surface area (Å²) in [6.07, 6.45) is 3.91. The standard InChI is InChI=1S/C9H14O3/c10-9(11)5-6-1-2-8-7(6)3-4-12-8/h6-8H,1-5H2,(H,10,11). The molecule has 1 aliphatic carbocycles. The van der Waals surface area contributed by atoms with E-state index in [-0.39, 0.29) is 0 Å². The molecule has 68 valence electrons. The Morgan fingerprint density at radius 3 is 3.00 bits per heavy atom. The summed E-state index contributed by atoms with van der Waals surface area (Å²) >= 11 is 0. The second kappa shape index (κ2) is 3.05. The Hall–Kier alpha value is -0.570. The van der Waals surface area contributed by atoms with Crippen molar-refractivity contribution in [1.82, 2.24) is 0 Å². The molecule has 0 spiro atoms. The molecule has 1 saturated carbocycles. The average molecular weight is 170 g/mol. The maximum atomic E-state index is 10.5. The summed E-state index contributed by atoms with van der Waals surface area (Å²) in [5.74, 6) is 0.267. The van der Waals surface area contributed by atoms with Gasteiger partial charge < -0.3 is 9.84 Å². The third-order valence-corrected chi connectivity index (χ3v) is 3.12. The molecule has 0 aromatic carbocycles. The lowest BCUT2D eigenvalue weighted by molar-refractivity contribution is -0.138. The number of carboxylic acids is 1. The van der Waals surface area contributed by atoms with Gasteiger partial charge in [0.1, 0.15) is 0 Å². The largest absolute Gasteiger partial charge is 0.481 e. The summed E-state index contributed by atoms with van der Waals surface area (Å²) in [5, 5.41) is 8.65. The number of ether oxygens (including phenoxy) is 1. The van der Waals surface area contributed by atoms with Gasteiger partial charge >= 0.3 is 5.97 Å². The molecule has 2 rings (SSSR count). The van der Waals surface area contributed by atoms with Crippen LogP contribution in [0.5, 0.6) is 0 Å². The number of carboxylic acid groups (broad SMARTS) is 1. The summed E-state index contributed by atoms with van der Waals surface area (Å²) in [6, 6.07) is 0. The van der Waals surface area contributed by atoms with Crippen molar-refractivity contribution in [2.75, 3.05) is 6.61 Å². The van der Waals surface area contributed by atoms with Crippen LogP contribution in [0.25, 0.3) is 0 Å². The molecule has 1 heterocycles. The Labute approximate surface area is 71.7 Å². The topological polar surface area (TPSA) is 46.5 Å². The average Bonchev–Trinajstić information content (AvgIpc) is 2.52. The van der Waals surface area contributed by atoms with Gasteiger partial charge in [-0.2, -0.15) is 0 Å². The van der Waals surface area contributed by atoms with Crippen LogP contribution in [0.2, 0.25) is 0 Å². The Bertz CT molecular complexity index is 190. The van der Waals surface area contributed by atoms with Gasteiger partial charge in [0.15, 0.2) is 0 Å². The fourth-order valence-electron chi connectivity index (χ4n) is 2.57. The maximum Gasteiger partial charge on any atom is 0.303 e. The van der Waals surface area contributed by atoms with Gasteiger partial charge in [0.05, 0.1) is 6.10 Å². The van der Waals surface area contributed by atoms with Crippen molar-refractivity contribution in [3.8, 4) is 0 Å². The lowest BCUT2D eigenvalue weighted by Crippen LogP contribution is -2.16. The Morgan fingerprint density at radius 2 is 2.25 bits per heavy atom. The summed E-state index contributed by atoms with van der Waals surface area (Å²) in [6.45, 7) is 0.839. The lowest BCUT2D eigenvalue weighted by atomic mass is 9.91. The molecule has 0 radical (unpaired) electrons. The molecule has 3 unspecified atom stereocenters. The first-order chi connectivity index (χ1) is 5.77. The summed E-state index contributed by atoms with van der Waals surface area (Å²) in [5.41, 5.74) is 0. The van der Waals surface area contributed by atoms with Crippen LogP contribution < -0.4 is 0 Å². The summed E-state index contributed by atoms with van der Waals surface area (Å²) < 4.78 is 5.50. The minimum absolute atomic E-state index is 0.338. The van der Waals surface area contributed by atoms with Crippen LogP contribution in [0.4, 0.5) is 0 Å². The van der Waals surface area contributed by atoms with Crippen LogP contribution in [-0.4, -0.2) is 23.8 Å². The van der Waals surface area contributed by atoms with Crippen LogP contribution in [0.1, 0.15) is 25.7 Å². The molecule has 0 bridgehead atoms. The van der Waals surface area contributed by atoms with Crippen molar-refractivity contribution >= 4 is 5.97 Å². The molecule has 3 heteroatoms. The Morgan fingerprint density at radius 1 is 1.42 bits per heavy atom. The fraction of sp³-hybridized carbons (Fsp3) is 0.889. The molecule has 1 saturated heterocycles. The smallest absolute Gasteiger partial charge is 0.303 e. The zero-order chi connectivity index (χ0) is 8.55. The van der Waals surface area contributed by atoms with Gasteiger partial charge in [-0.15, -0.1) is 0 Å². The number of aliphatic carboxylic acids is 1. The Kier molecular flexibility index (Phi) is 2.05. The predicted molar refractivity (Wildman–Crippen MR) is 42.8 cm³/mol. The number of rotatable bonds is 2. The van der Waals surface area contributed by atoms with Crippen molar-refractivity contribution in [3.05, 3.63) is 0 Å². The van der Waals surface area contributed by atoms with E-state index in [0.29, 0.717) is 24.4 Å². The molecular weight excluding hydrogens is 156 g/mol. The molecule has 12 heavy (non-hydrogen) atoms. The highest BCUT2D eigenvalue weighted by atomic mass is 16.5. The van der Waals surface area contributed by atoms with Gasteiger partial charge in [0.2, 0.25) is 0 Å². The second-order valence-corrected chi connectivity index (χ2v) is 3.80. The SMILES string of the molecule is O=C(O)CC1CCC2OCCC12. The van der Waals surface area contributed by atoms with E-state index in [1.807, 2.05) is 0 Å². The van der Waals surface area contributed by atoms with E-state index in [9.17, 15) is 4.79 Å². The highest BCUT2D eigenvalue weighted by molar-refractivity contribution is 5.67. The van der Waals surface area contributed by atoms with Crippen LogP contribution in [0.15, 0.2) is 0 Å². The van der Waals surface area contributed by atoms with Gasteiger partial charge in [-0.25, -0.2) is 0 Å². The summed E-state index contributed by atoms with van der Waals surface area (Å²) in [4.78, 5) is 10.5. The second-order valence-electron chi connectivity index (χ2n) is 3.80. The van der Waals surface area contributed by atoms with E-state index in [2.05, 4.69) is 0 Å². The normalized spacial score (nSPS) is 39.8. The molecule has 2 fully saturated rings. The first-order valence-corrected chi connectivity index (χ1v) is 4.61. The molecule has 0 aromatic heterocycles. The highest BCUT2D eigenvalue weighted by Crippen LogP contribution is 2.41. The predicted octanol–water partition coefficient (Wildman–Crippen LogP) is 1.28. The molecule has 0 aromatic rings. The van der Waals surface area contributed by atoms with Crippen LogP contribution in [0.3, 0.4) is 0 Å². The quantitative estimate of drug-likeness (QED) is 0.679. The van der Waals surface area contributed by atoms with E-state index in [0.717, 1.165) is 25.9 Å². The van der Waals surface area contributed by atoms with Crippen molar-refractivity contribution in [3.63, 3.8) is 0 Å². The zero-order valence-corrected chi connectivity index (χ0v) is 7.03. The molecule has 2 aliphatic rings. The van der Waals surface area contributed by atoms with Crippen molar-refractivity contribution < 1.29 is 14.6 Å². The Balaban J connectivity index is 1.95. The lowest BCUT2D eigenvalue weighted by Gasteiger charge is -2.14. The molecular formula is C9H14O3. The fourth-order valence-corrected chi connectivity index (χ4v) is 2.57. The van der Waals surface area contributed by atoms with Gasteiger partial charge in [-0.3, -0.25) is 4.79 Å². The third-order valence-electron chi connectivity index (χ3n) is 3.12. The van der Waals surface area contributed by atoms with E-state index in [4.69, 9.17) is 9.84 Å². The van der Waals surface area contributed by atoms with Gasteiger partial charge in [0, 0.05) is 13.0 Å². The minimum atomic E-state index is -0.660. The number of carbonyl (C=O) groups is 1. The highest BCUT2D eigenvalue weighted by Gasteiger charge is 2.40. The molecule has 3 nitrogen and oxygen atoms in total. The zero-order valence-electron chi connectivity index (χ0n) is 7.03. The number of hydrogen-bond donors (Lipinski definition) is 1. The van der Waals surface area contributed by atoms with Gasteiger partial charge in [-0.1, -0.05) is 0 Å². The van der Waals surface area contributed by atoms with Gasteiger partial charge in [-0.05, 0) is 31.1 Å². The van der Waals surface area contributed by atoms with Crippen molar-refractivity contribution in [1.29, 1.82) is 0 Å². The monoisotopic (exact) mass is 170 g/mol. The van der Waals surface area contributed by atoms with Crippen molar-refractivity contribution in [2.45, 2.75) is 31.8 Å². The summed E-state index contributed by atoms with van der Waals surface area (Å²) in [7, 11) is 0. The minimum Gasteiger partial charge on any atom is -0.481 e. The number of fused-ring (bicyclic) bond motifs is 1. The first-order valence-electron chi connectivity index (χ1n) is 4.61. The third kappa shape index (κ3) is 1.33. The molecule has 1 aliphatic heterocycles. The van der Waals surface area contributed by atoms with Gasteiger partial charge in [0.25, 0.3) is 0 Å². The van der Waals surface area contributed by atoms with E-state index < -0.39 is 5.97 Å². The number of hydrogen-bond acceptors (Lipinski definition) is 2.